The predicted molar refractivity (Wildman–Crippen MR) is 134 cm³/mol. The van der Waals surface area contributed by atoms with E-state index in [1.54, 1.807) is 36.1 Å². The smallest absolute Gasteiger partial charge is 0.243 e. The topological polar surface area (TPSA) is 77.9 Å². The lowest BCUT2D eigenvalue weighted by Crippen LogP contribution is -2.73. The van der Waals surface area contributed by atoms with Crippen molar-refractivity contribution < 1.29 is 18.3 Å². The molecule has 6 nitrogen and oxygen atoms in total. The minimum absolute atomic E-state index is 0.126. The van der Waals surface area contributed by atoms with Gasteiger partial charge in [-0.3, -0.25) is 4.79 Å². The minimum Gasteiger partial charge on any atom is -0.394 e. The number of carbonyl (C=O) groups is 1. The number of aryl methyl sites for hydroxylation is 1. The number of piperazine rings is 1. The van der Waals surface area contributed by atoms with Crippen LogP contribution < -0.4 is 0 Å². The van der Waals surface area contributed by atoms with Crippen LogP contribution >= 0.6 is 0 Å². The monoisotopic (exact) mass is 492 g/mol. The first-order valence-corrected chi connectivity index (χ1v) is 13.9. The summed E-state index contributed by atoms with van der Waals surface area (Å²) in [6, 6.07) is 14.2. The zero-order chi connectivity index (χ0) is 24.6. The van der Waals surface area contributed by atoms with E-state index in [1.165, 1.54) is 30.0 Å². The highest BCUT2D eigenvalue weighted by Crippen LogP contribution is 2.43. The molecule has 0 unspecified atom stereocenters. The molecule has 0 radical (unpaired) electrons. The van der Waals surface area contributed by atoms with Crippen LogP contribution in [0.2, 0.25) is 0 Å². The van der Waals surface area contributed by atoms with Gasteiger partial charge in [-0.25, -0.2) is 8.42 Å². The van der Waals surface area contributed by atoms with Gasteiger partial charge < -0.3 is 10.0 Å². The van der Waals surface area contributed by atoms with Crippen LogP contribution in [0.4, 0.5) is 0 Å². The van der Waals surface area contributed by atoms with Crippen LogP contribution in [-0.4, -0.2) is 60.4 Å². The van der Waals surface area contributed by atoms with Crippen LogP contribution in [0.3, 0.4) is 0 Å². The van der Waals surface area contributed by atoms with Gasteiger partial charge in [0.15, 0.2) is 0 Å². The second-order valence-corrected chi connectivity index (χ2v) is 11.9. The summed E-state index contributed by atoms with van der Waals surface area (Å²) in [5.74, 6) is 6.92. The average Bonchev–Trinajstić information content (AvgIpc) is 3.35. The lowest BCUT2D eigenvalue weighted by molar-refractivity contribution is -0.158. The number of fused-ring (bicyclic) bond motifs is 1. The number of sulfonamides is 1. The molecule has 2 saturated heterocycles. The van der Waals surface area contributed by atoms with Crippen LogP contribution in [0, 0.1) is 24.7 Å². The van der Waals surface area contributed by atoms with E-state index in [0.717, 1.165) is 23.5 Å². The fourth-order valence-corrected chi connectivity index (χ4v) is 7.57. The quantitative estimate of drug-likeness (QED) is 0.650. The van der Waals surface area contributed by atoms with Gasteiger partial charge in [-0.15, -0.1) is 0 Å². The second-order valence-electron chi connectivity index (χ2n) is 9.99. The minimum atomic E-state index is -3.80. The van der Waals surface area contributed by atoms with E-state index < -0.39 is 10.0 Å². The normalized spacial score (nSPS) is 25.0. The highest BCUT2D eigenvalue weighted by molar-refractivity contribution is 7.89. The van der Waals surface area contributed by atoms with E-state index in [0.29, 0.717) is 5.56 Å². The van der Waals surface area contributed by atoms with Gasteiger partial charge in [0, 0.05) is 24.4 Å². The Labute approximate surface area is 208 Å². The highest BCUT2D eigenvalue weighted by Gasteiger charge is 2.55. The first kappa shape index (κ1) is 24.1. The number of benzene rings is 2. The zero-order valence-electron chi connectivity index (χ0n) is 20.1. The largest absolute Gasteiger partial charge is 0.394 e. The van der Waals surface area contributed by atoms with Crippen molar-refractivity contribution in [3.8, 4) is 11.8 Å². The van der Waals surface area contributed by atoms with E-state index >= 15 is 0 Å². The van der Waals surface area contributed by atoms with Crippen molar-refractivity contribution in [1.82, 2.24) is 9.21 Å². The molecule has 5 rings (SSSR count). The van der Waals surface area contributed by atoms with Crippen molar-refractivity contribution in [2.75, 3.05) is 19.7 Å². The summed E-state index contributed by atoms with van der Waals surface area (Å²) in [5.41, 5.74) is 2.60. The van der Waals surface area contributed by atoms with Gasteiger partial charge in [-0.1, -0.05) is 55.0 Å². The lowest BCUT2D eigenvalue weighted by atomic mass is 9.74. The third kappa shape index (κ3) is 4.51. The van der Waals surface area contributed by atoms with Crippen molar-refractivity contribution in [2.24, 2.45) is 5.92 Å². The van der Waals surface area contributed by atoms with Crippen molar-refractivity contribution in [3.63, 3.8) is 0 Å². The van der Waals surface area contributed by atoms with Gasteiger partial charge in [-0.2, -0.15) is 4.31 Å². The maximum absolute atomic E-state index is 13.4. The Morgan fingerprint density at radius 3 is 2.46 bits per heavy atom. The van der Waals surface area contributed by atoms with E-state index in [1.807, 2.05) is 24.3 Å². The van der Waals surface area contributed by atoms with Crippen LogP contribution in [0.5, 0.6) is 0 Å². The number of amides is 1. The van der Waals surface area contributed by atoms with Crippen molar-refractivity contribution in [2.45, 2.75) is 61.9 Å². The summed E-state index contributed by atoms with van der Waals surface area (Å²) in [4.78, 5) is 14.9. The molecule has 7 heteroatoms. The molecule has 3 fully saturated rings. The second kappa shape index (κ2) is 9.77. The standard InChI is InChI=1S/C28H32N2O4S/c1-20-7-2-5-12-26(20)35(33,34)29-17-24-28(25(19-31)30(24)27(32)18-29)23-15-13-22(14-16-23)11-6-10-21-8-3-4-9-21/h2,5,7,12-16,21,24-25,28,31H,3-4,8-10,17-19H2,1H3/t24-,25+,28-/m1/s1. The SMILES string of the molecule is Cc1ccccc1S(=O)(=O)N1CC(=O)N2[C@H](C1)[C@@H](c1ccc(C#CCC3CCCC3)cc1)[C@@H]2CO. The Hall–Kier alpha value is -2.66. The molecule has 0 bridgehead atoms. The third-order valence-corrected chi connectivity index (χ3v) is 9.80. The molecule has 2 heterocycles. The molecule has 0 spiro atoms. The van der Waals surface area contributed by atoms with Gasteiger partial charge >= 0.3 is 0 Å². The lowest BCUT2D eigenvalue weighted by Gasteiger charge is -2.58. The summed E-state index contributed by atoms with van der Waals surface area (Å²) < 4.78 is 28.0. The predicted octanol–water partition coefficient (Wildman–Crippen LogP) is 3.29. The third-order valence-electron chi connectivity index (χ3n) is 7.83. The molecule has 1 amide bonds. The highest BCUT2D eigenvalue weighted by atomic mass is 32.2. The molecular formula is C28H32N2O4S. The molecule has 3 atom stereocenters. The van der Waals surface area contributed by atoms with E-state index in [4.69, 9.17) is 0 Å². The number of rotatable bonds is 5. The molecular weight excluding hydrogens is 460 g/mol. The molecule has 184 valence electrons. The van der Waals surface area contributed by atoms with Crippen molar-refractivity contribution in [1.29, 1.82) is 0 Å². The number of hydrogen-bond acceptors (Lipinski definition) is 4. The van der Waals surface area contributed by atoms with Gasteiger partial charge in [0.2, 0.25) is 15.9 Å². The summed E-state index contributed by atoms with van der Waals surface area (Å²) >= 11 is 0. The maximum atomic E-state index is 13.4. The Bertz CT molecular complexity index is 1260. The van der Waals surface area contributed by atoms with E-state index in [9.17, 15) is 18.3 Å². The van der Waals surface area contributed by atoms with Crippen LogP contribution in [0.1, 0.15) is 54.7 Å². The zero-order valence-corrected chi connectivity index (χ0v) is 20.9. The fraction of sp³-hybridized carbons (Fsp3) is 0.464. The summed E-state index contributed by atoms with van der Waals surface area (Å²) in [5, 5.41) is 10.0. The van der Waals surface area contributed by atoms with Gasteiger partial charge in [0.05, 0.1) is 30.1 Å². The number of carbonyl (C=O) groups excluding carboxylic acids is 1. The first-order chi connectivity index (χ1) is 16.9. The maximum Gasteiger partial charge on any atom is 0.243 e. The molecule has 2 aliphatic heterocycles. The summed E-state index contributed by atoms with van der Waals surface area (Å²) in [6.45, 7) is 1.62. The van der Waals surface area contributed by atoms with Crippen LogP contribution in [0.25, 0.3) is 0 Å². The number of hydrogen-bond donors (Lipinski definition) is 1. The Kier molecular flexibility index (Phi) is 6.71. The number of aliphatic hydroxyl groups is 1. The number of nitrogens with zero attached hydrogens (tertiary/aromatic N) is 2. The molecule has 1 saturated carbocycles. The summed E-state index contributed by atoms with van der Waals surface area (Å²) in [7, 11) is -3.80. The molecule has 2 aromatic carbocycles. The van der Waals surface area contributed by atoms with Gasteiger partial charge in [-0.05, 0) is 55.0 Å². The number of aliphatic hydroxyl groups excluding tert-OH is 1. The summed E-state index contributed by atoms with van der Waals surface area (Å²) in [6.07, 6.45) is 6.15. The van der Waals surface area contributed by atoms with E-state index in [-0.39, 0.29) is 48.5 Å². The average molecular weight is 493 g/mol. The molecule has 1 N–H and O–H groups in total. The Morgan fingerprint density at radius 1 is 1.06 bits per heavy atom. The molecule has 0 aromatic heterocycles. The molecule has 1 aliphatic carbocycles. The Balaban J connectivity index is 1.34. The van der Waals surface area contributed by atoms with Crippen LogP contribution in [-0.2, 0) is 14.8 Å². The molecule has 2 aromatic rings. The molecule has 35 heavy (non-hydrogen) atoms. The Morgan fingerprint density at radius 2 is 1.77 bits per heavy atom. The van der Waals surface area contributed by atoms with Crippen molar-refractivity contribution >= 4 is 15.9 Å². The first-order valence-electron chi connectivity index (χ1n) is 12.5. The van der Waals surface area contributed by atoms with E-state index in [2.05, 4.69) is 11.8 Å². The van der Waals surface area contributed by atoms with Gasteiger partial charge in [0.25, 0.3) is 0 Å². The van der Waals surface area contributed by atoms with Crippen LogP contribution in [0.15, 0.2) is 53.4 Å². The fourth-order valence-electron chi connectivity index (χ4n) is 5.94. The van der Waals surface area contributed by atoms with Crippen molar-refractivity contribution in [3.05, 3.63) is 65.2 Å². The molecule has 3 aliphatic rings. The van der Waals surface area contributed by atoms with Gasteiger partial charge in [0.1, 0.15) is 0 Å².